The van der Waals surface area contributed by atoms with Crippen LogP contribution in [0.1, 0.15) is 11.6 Å². The van der Waals surface area contributed by atoms with Gasteiger partial charge in [-0.15, -0.1) is 0 Å². The molecule has 106 valence electrons. The molecular formula is C17H12N4O. The molecule has 1 atom stereocenters. The van der Waals surface area contributed by atoms with Gasteiger partial charge in [-0.1, -0.05) is 30.3 Å². The van der Waals surface area contributed by atoms with Gasteiger partial charge in [0, 0.05) is 5.56 Å². The summed E-state index contributed by atoms with van der Waals surface area (Å²) in [6.07, 6.45) is 3.04. The molecule has 1 aromatic heterocycles. The van der Waals surface area contributed by atoms with Gasteiger partial charge in [-0.05, 0) is 29.8 Å². The molecule has 0 aliphatic heterocycles. The molecule has 22 heavy (non-hydrogen) atoms. The summed E-state index contributed by atoms with van der Waals surface area (Å²) in [5.41, 5.74) is 2.42. The van der Waals surface area contributed by atoms with Crippen molar-refractivity contribution >= 4 is 5.69 Å². The van der Waals surface area contributed by atoms with Crippen molar-refractivity contribution in [3.63, 3.8) is 0 Å². The van der Waals surface area contributed by atoms with Crippen molar-refractivity contribution in [3.8, 4) is 17.4 Å². The Morgan fingerprint density at radius 2 is 1.82 bits per heavy atom. The van der Waals surface area contributed by atoms with Gasteiger partial charge < -0.3 is 4.42 Å². The van der Waals surface area contributed by atoms with Crippen LogP contribution in [-0.4, -0.2) is 4.98 Å². The smallest absolute Gasteiger partial charge is 0.182 e. The first-order valence-corrected chi connectivity index (χ1v) is 6.71. The van der Waals surface area contributed by atoms with Gasteiger partial charge in [0.2, 0.25) is 0 Å². The molecule has 0 aliphatic rings. The lowest BCUT2D eigenvalue weighted by Gasteiger charge is -2.02. The molecular weight excluding hydrogens is 276 g/mol. The van der Waals surface area contributed by atoms with Crippen LogP contribution in [0.15, 0.2) is 81.8 Å². The summed E-state index contributed by atoms with van der Waals surface area (Å²) in [7, 11) is 0. The summed E-state index contributed by atoms with van der Waals surface area (Å²) < 4.78 is 5.22. The third kappa shape index (κ3) is 3.07. The average molecular weight is 288 g/mol. The second-order valence-electron chi connectivity index (χ2n) is 4.57. The summed E-state index contributed by atoms with van der Waals surface area (Å²) in [6, 6.07) is 18.3. The standard InChI is InChI=1S/C17H12N4O/c18-10-16(13-4-2-1-3-5-13)21-20-15-8-6-14(7-9-15)17-11-19-12-22-17/h1-9,11-12,16H. The van der Waals surface area contributed by atoms with Crippen LogP contribution in [0.3, 0.4) is 0 Å². The quantitative estimate of drug-likeness (QED) is 0.653. The third-order valence-electron chi connectivity index (χ3n) is 3.11. The van der Waals surface area contributed by atoms with Crippen LogP contribution in [-0.2, 0) is 0 Å². The van der Waals surface area contributed by atoms with Crippen LogP contribution in [0.4, 0.5) is 5.69 Å². The number of hydrogen-bond donors (Lipinski definition) is 0. The van der Waals surface area contributed by atoms with Gasteiger partial charge in [0.15, 0.2) is 18.2 Å². The van der Waals surface area contributed by atoms with Crippen LogP contribution in [0.5, 0.6) is 0 Å². The number of rotatable bonds is 4. The van der Waals surface area contributed by atoms with E-state index in [1.807, 2.05) is 54.6 Å². The second kappa shape index (κ2) is 6.46. The Bertz CT molecular complexity index is 787. The van der Waals surface area contributed by atoms with Gasteiger partial charge in [-0.3, -0.25) is 0 Å². The van der Waals surface area contributed by atoms with E-state index < -0.39 is 6.04 Å². The molecule has 0 bridgehead atoms. The highest BCUT2D eigenvalue weighted by molar-refractivity contribution is 5.59. The maximum Gasteiger partial charge on any atom is 0.182 e. The lowest BCUT2D eigenvalue weighted by molar-refractivity contribution is 0.572. The van der Waals surface area contributed by atoms with E-state index in [-0.39, 0.29) is 0 Å². The summed E-state index contributed by atoms with van der Waals surface area (Å²) in [6.45, 7) is 0. The number of hydrogen-bond acceptors (Lipinski definition) is 5. The van der Waals surface area contributed by atoms with Gasteiger partial charge in [0.1, 0.15) is 0 Å². The molecule has 0 N–H and O–H groups in total. The zero-order chi connectivity index (χ0) is 15.2. The number of azo groups is 1. The van der Waals surface area contributed by atoms with Gasteiger partial charge in [0.05, 0.1) is 18.0 Å². The highest BCUT2D eigenvalue weighted by Crippen LogP contribution is 2.24. The monoisotopic (exact) mass is 288 g/mol. The Balaban J connectivity index is 1.76. The van der Waals surface area contributed by atoms with E-state index in [0.29, 0.717) is 11.4 Å². The molecule has 0 spiro atoms. The molecule has 1 unspecified atom stereocenters. The van der Waals surface area contributed by atoms with E-state index in [1.165, 1.54) is 6.39 Å². The lowest BCUT2D eigenvalue weighted by atomic mass is 10.1. The van der Waals surface area contributed by atoms with E-state index in [4.69, 9.17) is 4.42 Å². The molecule has 0 saturated carbocycles. The molecule has 0 radical (unpaired) electrons. The van der Waals surface area contributed by atoms with E-state index in [2.05, 4.69) is 21.3 Å². The first kappa shape index (κ1) is 13.7. The van der Waals surface area contributed by atoms with Gasteiger partial charge in [-0.25, -0.2) is 4.98 Å². The molecule has 2 aromatic carbocycles. The van der Waals surface area contributed by atoms with E-state index >= 15 is 0 Å². The first-order chi connectivity index (χ1) is 10.9. The second-order valence-corrected chi connectivity index (χ2v) is 4.57. The van der Waals surface area contributed by atoms with Gasteiger partial charge >= 0.3 is 0 Å². The van der Waals surface area contributed by atoms with Crippen molar-refractivity contribution in [2.24, 2.45) is 10.2 Å². The Hall–Kier alpha value is -3.26. The number of nitriles is 1. The molecule has 5 heteroatoms. The summed E-state index contributed by atoms with van der Waals surface area (Å²) in [5.74, 6) is 0.697. The van der Waals surface area contributed by atoms with Crippen LogP contribution in [0.25, 0.3) is 11.3 Å². The fraction of sp³-hybridized carbons (Fsp3) is 0.0588. The number of nitrogens with zero attached hydrogens (tertiary/aromatic N) is 4. The van der Waals surface area contributed by atoms with E-state index in [1.54, 1.807) is 6.20 Å². The van der Waals surface area contributed by atoms with Crippen molar-refractivity contribution in [1.29, 1.82) is 5.26 Å². The SMILES string of the molecule is N#CC(N=Nc1ccc(-c2cnco2)cc1)c1ccccc1. The highest BCUT2D eigenvalue weighted by atomic mass is 16.3. The fourth-order valence-electron chi connectivity index (χ4n) is 1.98. The van der Waals surface area contributed by atoms with Crippen LogP contribution >= 0.6 is 0 Å². The number of benzene rings is 2. The predicted molar refractivity (Wildman–Crippen MR) is 81.3 cm³/mol. The minimum atomic E-state index is -0.602. The minimum absolute atomic E-state index is 0.602. The topological polar surface area (TPSA) is 74.5 Å². The molecule has 0 saturated heterocycles. The first-order valence-electron chi connectivity index (χ1n) is 6.71. The highest BCUT2D eigenvalue weighted by Gasteiger charge is 2.07. The Kier molecular flexibility index (Phi) is 4.03. The number of oxazole rings is 1. The molecule has 5 nitrogen and oxygen atoms in total. The maximum absolute atomic E-state index is 9.20. The third-order valence-corrected chi connectivity index (χ3v) is 3.11. The van der Waals surface area contributed by atoms with Crippen molar-refractivity contribution < 1.29 is 4.42 Å². The summed E-state index contributed by atoms with van der Waals surface area (Å²) in [5, 5.41) is 17.4. The molecule has 3 aromatic rings. The lowest BCUT2D eigenvalue weighted by Crippen LogP contribution is -1.89. The zero-order valence-corrected chi connectivity index (χ0v) is 11.6. The molecule has 0 aliphatic carbocycles. The van der Waals surface area contributed by atoms with Crippen molar-refractivity contribution in [3.05, 3.63) is 72.8 Å². The minimum Gasteiger partial charge on any atom is -0.444 e. The van der Waals surface area contributed by atoms with Gasteiger partial charge in [-0.2, -0.15) is 15.5 Å². The maximum atomic E-state index is 9.20. The van der Waals surface area contributed by atoms with Crippen LogP contribution < -0.4 is 0 Å². The number of aromatic nitrogens is 1. The normalized spacial score (nSPS) is 12.1. The zero-order valence-electron chi connectivity index (χ0n) is 11.6. The van der Waals surface area contributed by atoms with Crippen LogP contribution in [0, 0.1) is 11.3 Å². The Labute approximate surface area is 127 Å². The van der Waals surface area contributed by atoms with Gasteiger partial charge in [0.25, 0.3) is 0 Å². The molecule has 0 fully saturated rings. The Morgan fingerprint density at radius 3 is 2.45 bits per heavy atom. The van der Waals surface area contributed by atoms with Crippen molar-refractivity contribution in [2.75, 3.05) is 0 Å². The summed E-state index contributed by atoms with van der Waals surface area (Å²) in [4.78, 5) is 3.88. The molecule has 0 amide bonds. The van der Waals surface area contributed by atoms with Crippen molar-refractivity contribution in [1.82, 2.24) is 4.98 Å². The summed E-state index contributed by atoms with van der Waals surface area (Å²) >= 11 is 0. The predicted octanol–water partition coefficient (Wildman–Crippen LogP) is 4.69. The molecule has 1 heterocycles. The van der Waals surface area contributed by atoms with Crippen molar-refractivity contribution in [2.45, 2.75) is 6.04 Å². The largest absolute Gasteiger partial charge is 0.444 e. The van der Waals surface area contributed by atoms with E-state index in [0.717, 1.165) is 11.1 Å². The Morgan fingerprint density at radius 1 is 1.05 bits per heavy atom. The van der Waals surface area contributed by atoms with E-state index in [9.17, 15) is 5.26 Å². The average Bonchev–Trinajstić information content (AvgIpc) is 3.11. The fourth-order valence-corrected chi connectivity index (χ4v) is 1.98. The molecule has 3 rings (SSSR count). The van der Waals surface area contributed by atoms with Crippen LogP contribution in [0.2, 0.25) is 0 Å².